The molecule has 156 valence electrons. The molecule has 0 bridgehead atoms. The van der Waals surface area contributed by atoms with Gasteiger partial charge in [0.2, 0.25) is 10.0 Å². The Bertz CT molecular complexity index is 939. The van der Waals surface area contributed by atoms with Crippen LogP contribution in [0, 0.1) is 0 Å². The van der Waals surface area contributed by atoms with Crippen LogP contribution in [0.15, 0.2) is 53.4 Å². The lowest BCUT2D eigenvalue weighted by Gasteiger charge is -2.26. The summed E-state index contributed by atoms with van der Waals surface area (Å²) in [5, 5.41) is 2.61. The summed E-state index contributed by atoms with van der Waals surface area (Å²) in [7, 11) is 0.189. The highest BCUT2D eigenvalue weighted by Gasteiger charge is 2.26. The number of morpholine rings is 1. The van der Waals surface area contributed by atoms with E-state index in [-0.39, 0.29) is 5.91 Å². The minimum Gasteiger partial charge on any atom is -0.379 e. The molecule has 2 N–H and O–H groups in total. The standard InChI is InChI=1S/C21H27N3O4S/c1-22-21(25)19-8-6-17(7-9-19)15-23(2)16-18-4-3-5-20(14-18)29(26,27)24-10-12-28-13-11-24/h3-9,14H,10-13,15-16H2,1-2H3,(H,22,25)/p+1. The quantitative estimate of drug-likeness (QED) is 0.677. The number of carbonyl (C=O) groups is 1. The molecule has 29 heavy (non-hydrogen) atoms. The topological polar surface area (TPSA) is 80.2 Å². The van der Waals surface area contributed by atoms with Crippen LogP contribution >= 0.6 is 0 Å². The normalized spacial score (nSPS) is 16.3. The zero-order chi connectivity index (χ0) is 20.9. The zero-order valence-corrected chi connectivity index (χ0v) is 17.7. The third-order valence-electron chi connectivity index (χ3n) is 4.96. The van der Waals surface area contributed by atoms with E-state index in [2.05, 4.69) is 12.4 Å². The van der Waals surface area contributed by atoms with Gasteiger partial charge in [0.15, 0.2) is 0 Å². The van der Waals surface area contributed by atoms with Gasteiger partial charge in [0.05, 0.1) is 25.2 Å². The summed E-state index contributed by atoms with van der Waals surface area (Å²) in [5.74, 6) is -0.101. The fourth-order valence-electron chi connectivity index (χ4n) is 3.43. The number of ether oxygens (including phenoxy) is 1. The van der Waals surface area contributed by atoms with Crippen LogP contribution in [0.2, 0.25) is 0 Å². The Hall–Kier alpha value is -2.26. The third-order valence-corrected chi connectivity index (χ3v) is 6.86. The second-order valence-electron chi connectivity index (χ2n) is 7.25. The predicted molar refractivity (Wildman–Crippen MR) is 110 cm³/mol. The first-order chi connectivity index (χ1) is 13.9. The molecule has 0 radical (unpaired) electrons. The summed E-state index contributed by atoms with van der Waals surface area (Å²) >= 11 is 0. The molecule has 0 aromatic heterocycles. The SMILES string of the molecule is CNC(=O)c1ccc(C[NH+](C)Cc2cccc(S(=O)(=O)N3CCOCC3)c2)cc1. The van der Waals surface area contributed by atoms with Crippen molar-refractivity contribution in [1.29, 1.82) is 0 Å². The van der Waals surface area contributed by atoms with Crippen molar-refractivity contribution in [1.82, 2.24) is 9.62 Å². The Morgan fingerprint density at radius 3 is 2.38 bits per heavy atom. The first kappa shape index (κ1) is 21.4. The van der Waals surface area contributed by atoms with Crippen molar-refractivity contribution in [2.75, 3.05) is 40.4 Å². The lowest BCUT2D eigenvalue weighted by atomic mass is 10.1. The molecule has 1 aliphatic heterocycles. The number of amides is 1. The summed E-state index contributed by atoms with van der Waals surface area (Å²) in [6, 6.07) is 14.7. The highest BCUT2D eigenvalue weighted by atomic mass is 32.2. The van der Waals surface area contributed by atoms with E-state index >= 15 is 0 Å². The van der Waals surface area contributed by atoms with E-state index in [1.807, 2.05) is 30.3 Å². The molecule has 1 unspecified atom stereocenters. The first-order valence-corrected chi connectivity index (χ1v) is 11.1. The van der Waals surface area contributed by atoms with Crippen LogP contribution < -0.4 is 10.2 Å². The third kappa shape index (κ3) is 5.42. The minimum atomic E-state index is -3.49. The van der Waals surface area contributed by atoms with Gasteiger partial charge in [0.1, 0.15) is 13.1 Å². The molecule has 2 aromatic rings. The molecule has 2 aromatic carbocycles. The minimum absolute atomic E-state index is 0.101. The molecule has 0 spiro atoms. The van der Waals surface area contributed by atoms with Crippen LogP contribution in [0.25, 0.3) is 0 Å². The Morgan fingerprint density at radius 1 is 1.07 bits per heavy atom. The number of sulfonamides is 1. The fraction of sp³-hybridized carbons (Fsp3) is 0.381. The first-order valence-electron chi connectivity index (χ1n) is 9.69. The van der Waals surface area contributed by atoms with E-state index in [9.17, 15) is 13.2 Å². The molecule has 3 rings (SSSR count). The second-order valence-corrected chi connectivity index (χ2v) is 9.19. The number of nitrogens with one attached hydrogen (secondary N) is 2. The van der Waals surface area contributed by atoms with E-state index < -0.39 is 10.0 Å². The zero-order valence-electron chi connectivity index (χ0n) is 16.8. The lowest BCUT2D eigenvalue weighted by molar-refractivity contribution is -0.907. The Labute approximate surface area is 172 Å². The molecule has 1 fully saturated rings. The molecule has 0 saturated carbocycles. The Morgan fingerprint density at radius 2 is 1.72 bits per heavy atom. The van der Waals surface area contributed by atoms with Gasteiger partial charge in [0, 0.05) is 36.8 Å². The molecule has 1 amide bonds. The molecule has 1 atom stereocenters. The monoisotopic (exact) mass is 418 g/mol. The van der Waals surface area contributed by atoms with Gasteiger partial charge in [-0.2, -0.15) is 4.31 Å². The average molecular weight is 419 g/mol. The van der Waals surface area contributed by atoms with Gasteiger partial charge in [-0.1, -0.05) is 24.3 Å². The number of carbonyl (C=O) groups excluding carboxylic acids is 1. The van der Waals surface area contributed by atoms with Crippen LogP contribution in [0.3, 0.4) is 0 Å². The summed E-state index contributed by atoms with van der Waals surface area (Å²) < 4.78 is 32.5. The molecule has 0 aliphatic carbocycles. The smallest absolute Gasteiger partial charge is 0.251 e. The molecule has 8 heteroatoms. The van der Waals surface area contributed by atoms with Gasteiger partial charge < -0.3 is 15.0 Å². The highest BCUT2D eigenvalue weighted by Crippen LogP contribution is 2.18. The molecular formula is C21H28N3O4S+. The number of benzene rings is 2. The van der Waals surface area contributed by atoms with E-state index in [1.54, 1.807) is 25.2 Å². The van der Waals surface area contributed by atoms with Crippen molar-refractivity contribution in [2.45, 2.75) is 18.0 Å². The van der Waals surface area contributed by atoms with E-state index in [4.69, 9.17) is 4.74 Å². The Balaban J connectivity index is 1.65. The average Bonchev–Trinajstić information content (AvgIpc) is 2.74. The van der Waals surface area contributed by atoms with Crippen molar-refractivity contribution in [3.63, 3.8) is 0 Å². The maximum atomic E-state index is 12.9. The van der Waals surface area contributed by atoms with E-state index in [0.29, 0.717) is 43.3 Å². The summed E-state index contributed by atoms with van der Waals surface area (Å²) in [6.45, 7) is 3.13. The van der Waals surface area contributed by atoms with Gasteiger partial charge in [-0.15, -0.1) is 0 Å². The summed E-state index contributed by atoms with van der Waals surface area (Å²) in [4.78, 5) is 13.2. The van der Waals surface area contributed by atoms with Crippen molar-refractivity contribution in [3.8, 4) is 0 Å². The van der Waals surface area contributed by atoms with E-state index in [1.165, 1.54) is 9.21 Å². The van der Waals surface area contributed by atoms with Crippen molar-refractivity contribution < 1.29 is 22.8 Å². The van der Waals surface area contributed by atoms with Crippen LogP contribution in [0.5, 0.6) is 0 Å². The maximum Gasteiger partial charge on any atom is 0.251 e. The van der Waals surface area contributed by atoms with Crippen molar-refractivity contribution in [3.05, 3.63) is 65.2 Å². The summed E-state index contributed by atoms with van der Waals surface area (Å²) in [5.41, 5.74) is 2.72. The van der Waals surface area contributed by atoms with Crippen LogP contribution in [0.4, 0.5) is 0 Å². The van der Waals surface area contributed by atoms with Gasteiger partial charge in [0.25, 0.3) is 5.91 Å². The highest BCUT2D eigenvalue weighted by molar-refractivity contribution is 7.89. The predicted octanol–water partition coefficient (Wildman–Crippen LogP) is 0.282. The lowest BCUT2D eigenvalue weighted by Crippen LogP contribution is -3.06. The van der Waals surface area contributed by atoms with Gasteiger partial charge in [-0.25, -0.2) is 8.42 Å². The maximum absolute atomic E-state index is 12.9. The Kier molecular flexibility index (Phi) is 7.02. The number of quaternary nitrogens is 1. The number of rotatable bonds is 7. The number of hydrogen-bond acceptors (Lipinski definition) is 4. The van der Waals surface area contributed by atoms with Gasteiger partial charge in [-0.3, -0.25) is 4.79 Å². The molecule has 1 saturated heterocycles. The number of nitrogens with zero attached hydrogens (tertiary/aromatic N) is 1. The molecule has 1 aliphatic rings. The van der Waals surface area contributed by atoms with Gasteiger partial charge >= 0.3 is 0 Å². The van der Waals surface area contributed by atoms with E-state index in [0.717, 1.165) is 17.7 Å². The fourth-order valence-corrected chi connectivity index (χ4v) is 4.91. The molecule has 7 nitrogen and oxygen atoms in total. The largest absolute Gasteiger partial charge is 0.379 e. The van der Waals surface area contributed by atoms with Crippen molar-refractivity contribution >= 4 is 15.9 Å². The van der Waals surface area contributed by atoms with Gasteiger partial charge in [-0.05, 0) is 24.3 Å². The van der Waals surface area contributed by atoms with Crippen LogP contribution in [-0.4, -0.2) is 59.0 Å². The van der Waals surface area contributed by atoms with Crippen LogP contribution in [-0.2, 0) is 27.8 Å². The van der Waals surface area contributed by atoms with Crippen LogP contribution in [0.1, 0.15) is 21.5 Å². The second kappa shape index (κ2) is 9.49. The summed E-state index contributed by atoms with van der Waals surface area (Å²) in [6.07, 6.45) is 0. The molecular weight excluding hydrogens is 390 g/mol. The number of hydrogen-bond donors (Lipinski definition) is 2. The van der Waals surface area contributed by atoms with Crippen molar-refractivity contribution in [2.24, 2.45) is 0 Å². The molecule has 1 heterocycles.